The summed E-state index contributed by atoms with van der Waals surface area (Å²) >= 11 is 5.93. The first-order valence-electron chi connectivity index (χ1n) is 6.17. The lowest BCUT2D eigenvalue weighted by molar-refractivity contribution is 0.298. The molecule has 100 valence electrons. The molecule has 0 fully saturated rings. The Kier molecular flexibility index (Phi) is 5.12. The van der Waals surface area contributed by atoms with E-state index in [0.29, 0.717) is 29.7 Å². The summed E-state index contributed by atoms with van der Waals surface area (Å²) in [5, 5.41) is 0.576. The van der Waals surface area contributed by atoms with Gasteiger partial charge in [-0.1, -0.05) is 11.6 Å². The van der Waals surface area contributed by atoms with Crippen LogP contribution in [0.4, 0.5) is 0 Å². The standard InChI is InChI=1S/C14H16ClN3O/c15-12-3-4-14(18-13(12)10-16)19-9-1-2-11-5-7-17-8-6-11/h3-8H,1-2,9-10,16H2. The third kappa shape index (κ3) is 4.19. The predicted octanol–water partition coefficient (Wildman–Crippen LogP) is 2.60. The van der Waals surface area contributed by atoms with E-state index in [1.165, 1.54) is 5.56 Å². The molecule has 0 spiro atoms. The molecular weight excluding hydrogens is 262 g/mol. The van der Waals surface area contributed by atoms with Crippen molar-refractivity contribution in [3.8, 4) is 5.88 Å². The number of nitrogens with zero attached hydrogens (tertiary/aromatic N) is 2. The summed E-state index contributed by atoms with van der Waals surface area (Å²) in [6, 6.07) is 7.53. The van der Waals surface area contributed by atoms with Crippen molar-refractivity contribution in [1.29, 1.82) is 0 Å². The molecule has 5 heteroatoms. The van der Waals surface area contributed by atoms with E-state index in [1.807, 2.05) is 12.1 Å². The Balaban J connectivity index is 1.80. The highest BCUT2D eigenvalue weighted by molar-refractivity contribution is 6.31. The minimum absolute atomic E-state index is 0.313. The van der Waals surface area contributed by atoms with E-state index >= 15 is 0 Å². The number of rotatable bonds is 6. The first-order chi connectivity index (χ1) is 9.29. The summed E-state index contributed by atoms with van der Waals surface area (Å²) in [7, 11) is 0. The number of ether oxygens (including phenoxy) is 1. The molecule has 0 atom stereocenters. The monoisotopic (exact) mass is 277 g/mol. The quantitative estimate of drug-likeness (QED) is 0.825. The molecule has 0 aromatic carbocycles. The fourth-order valence-corrected chi connectivity index (χ4v) is 1.87. The number of pyridine rings is 2. The first kappa shape index (κ1) is 13.8. The second kappa shape index (κ2) is 7.07. The zero-order valence-corrected chi connectivity index (χ0v) is 11.3. The number of aromatic nitrogens is 2. The van der Waals surface area contributed by atoms with Crippen LogP contribution in [0.5, 0.6) is 5.88 Å². The molecule has 0 aliphatic rings. The van der Waals surface area contributed by atoms with Crippen LogP contribution >= 0.6 is 11.6 Å². The third-order valence-corrected chi connectivity index (χ3v) is 3.04. The van der Waals surface area contributed by atoms with Crippen molar-refractivity contribution in [1.82, 2.24) is 9.97 Å². The molecule has 0 amide bonds. The molecule has 19 heavy (non-hydrogen) atoms. The fraction of sp³-hybridized carbons (Fsp3) is 0.286. The molecule has 0 radical (unpaired) electrons. The molecular formula is C14H16ClN3O. The van der Waals surface area contributed by atoms with Gasteiger partial charge in [0.15, 0.2) is 0 Å². The van der Waals surface area contributed by atoms with Crippen molar-refractivity contribution in [2.75, 3.05) is 6.61 Å². The summed E-state index contributed by atoms with van der Waals surface area (Å²) in [6.07, 6.45) is 5.47. The van der Waals surface area contributed by atoms with Crippen molar-refractivity contribution in [3.63, 3.8) is 0 Å². The van der Waals surface area contributed by atoms with Gasteiger partial charge in [0.05, 0.1) is 17.3 Å². The van der Waals surface area contributed by atoms with Gasteiger partial charge in [-0.3, -0.25) is 4.98 Å². The SMILES string of the molecule is NCc1nc(OCCCc2ccncc2)ccc1Cl. The highest BCUT2D eigenvalue weighted by Gasteiger charge is 2.03. The van der Waals surface area contributed by atoms with Gasteiger partial charge in [0.1, 0.15) is 0 Å². The lowest BCUT2D eigenvalue weighted by Crippen LogP contribution is -2.05. The number of hydrogen-bond acceptors (Lipinski definition) is 4. The Morgan fingerprint density at radius 3 is 2.68 bits per heavy atom. The van der Waals surface area contributed by atoms with Gasteiger partial charge in [-0.15, -0.1) is 0 Å². The Morgan fingerprint density at radius 1 is 1.16 bits per heavy atom. The van der Waals surface area contributed by atoms with Crippen molar-refractivity contribution in [2.45, 2.75) is 19.4 Å². The summed E-state index contributed by atoms with van der Waals surface area (Å²) in [4.78, 5) is 8.23. The van der Waals surface area contributed by atoms with Crippen molar-refractivity contribution in [2.24, 2.45) is 5.73 Å². The van der Waals surface area contributed by atoms with Crippen LogP contribution in [0.1, 0.15) is 17.7 Å². The number of hydrogen-bond donors (Lipinski definition) is 1. The molecule has 0 aliphatic heterocycles. The minimum Gasteiger partial charge on any atom is -0.478 e. The maximum absolute atomic E-state index is 5.93. The van der Waals surface area contributed by atoms with E-state index in [4.69, 9.17) is 22.1 Å². The van der Waals surface area contributed by atoms with E-state index in [-0.39, 0.29) is 0 Å². The topological polar surface area (TPSA) is 61.0 Å². The van der Waals surface area contributed by atoms with Crippen molar-refractivity contribution < 1.29 is 4.74 Å². The molecule has 0 aliphatic carbocycles. The van der Waals surface area contributed by atoms with Crippen LogP contribution in [0.15, 0.2) is 36.7 Å². The lowest BCUT2D eigenvalue weighted by atomic mass is 10.1. The zero-order chi connectivity index (χ0) is 13.5. The van der Waals surface area contributed by atoms with Gasteiger partial charge in [0.2, 0.25) is 5.88 Å². The summed E-state index contributed by atoms with van der Waals surface area (Å²) in [6.45, 7) is 0.925. The molecule has 0 saturated carbocycles. The molecule has 0 bridgehead atoms. The van der Waals surface area contributed by atoms with Crippen LogP contribution in [-0.2, 0) is 13.0 Å². The Hall–Kier alpha value is -1.65. The molecule has 2 rings (SSSR count). The van der Waals surface area contributed by atoms with Crippen molar-refractivity contribution in [3.05, 3.63) is 52.9 Å². The molecule has 2 heterocycles. The first-order valence-corrected chi connectivity index (χ1v) is 6.54. The van der Waals surface area contributed by atoms with E-state index in [1.54, 1.807) is 24.5 Å². The van der Waals surface area contributed by atoms with Crippen LogP contribution in [-0.4, -0.2) is 16.6 Å². The number of nitrogens with two attached hydrogens (primary N) is 1. The maximum Gasteiger partial charge on any atom is 0.213 e. The second-order valence-corrected chi connectivity index (χ2v) is 4.50. The summed E-state index contributed by atoms with van der Waals surface area (Å²) in [5.74, 6) is 0.569. The van der Waals surface area contributed by atoms with Gasteiger partial charge >= 0.3 is 0 Å². The Bertz CT molecular complexity index is 519. The maximum atomic E-state index is 5.93. The molecule has 4 nitrogen and oxygen atoms in total. The van der Waals surface area contributed by atoms with Gasteiger partial charge in [0, 0.05) is 25.0 Å². The zero-order valence-electron chi connectivity index (χ0n) is 10.6. The van der Waals surface area contributed by atoms with E-state index in [0.717, 1.165) is 12.8 Å². The lowest BCUT2D eigenvalue weighted by Gasteiger charge is -2.07. The molecule has 2 aromatic heterocycles. The van der Waals surface area contributed by atoms with Gasteiger partial charge in [-0.25, -0.2) is 4.98 Å². The summed E-state index contributed by atoms with van der Waals surface area (Å²) in [5.41, 5.74) is 7.46. The molecule has 2 aromatic rings. The molecule has 2 N–H and O–H groups in total. The fourth-order valence-electron chi connectivity index (χ4n) is 1.69. The average molecular weight is 278 g/mol. The summed E-state index contributed by atoms with van der Waals surface area (Å²) < 4.78 is 5.58. The largest absolute Gasteiger partial charge is 0.478 e. The Labute approximate surface area is 117 Å². The predicted molar refractivity (Wildman–Crippen MR) is 75.2 cm³/mol. The van der Waals surface area contributed by atoms with Crippen LogP contribution < -0.4 is 10.5 Å². The van der Waals surface area contributed by atoms with Crippen LogP contribution in [0.3, 0.4) is 0 Å². The second-order valence-electron chi connectivity index (χ2n) is 4.09. The van der Waals surface area contributed by atoms with Gasteiger partial charge in [-0.2, -0.15) is 0 Å². The molecule has 0 unspecified atom stereocenters. The Morgan fingerprint density at radius 2 is 1.95 bits per heavy atom. The van der Waals surface area contributed by atoms with E-state index in [9.17, 15) is 0 Å². The van der Waals surface area contributed by atoms with Crippen LogP contribution in [0, 0.1) is 0 Å². The smallest absolute Gasteiger partial charge is 0.213 e. The third-order valence-electron chi connectivity index (χ3n) is 2.70. The highest BCUT2D eigenvalue weighted by Crippen LogP contribution is 2.17. The normalized spacial score (nSPS) is 10.4. The van der Waals surface area contributed by atoms with Crippen LogP contribution in [0.25, 0.3) is 0 Å². The van der Waals surface area contributed by atoms with Gasteiger partial charge in [-0.05, 0) is 36.6 Å². The van der Waals surface area contributed by atoms with E-state index < -0.39 is 0 Å². The average Bonchev–Trinajstić information content (AvgIpc) is 2.46. The van der Waals surface area contributed by atoms with Gasteiger partial charge < -0.3 is 10.5 Å². The van der Waals surface area contributed by atoms with Crippen molar-refractivity contribution >= 4 is 11.6 Å². The van der Waals surface area contributed by atoms with Crippen LogP contribution in [0.2, 0.25) is 5.02 Å². The highest BCUT2D eigenvalue weighted by atomic mass is 35.5. The minimum atomic E-state index is 0.313. The van der Waals surface area contributed by atoms with Gasteiger partial charge in [0.25, 0.3) is 0 Å². The number of aryl methyl sites for hydroxylation is 1. The number of halogens is 1. The molecule has 0 saturated heterocycles. The van der Waals surface area contributed by atoms with E-state index in [2.05, 4.69) is 9.97 Å².